The summed E-state index contributed by atoms with van der Waals surface area (Å²) in [5, 5.41) is 10.6. The van der Waals surface area contributed by atoms with Gasteiger partial charge in [-0.1, -0.05) is 60.7 Å². The molecular weight excluding hydrogens is 364 g/mol. The van der Waals surface area contributed by atoms with Gasteiger partial charge in [0, 0.05) is 26.2 Å². The number of nitrogens with zero attached hydrogens (tertiary/aromatic N) is 2. The first-order valence-corrected chi connectivity index (χ1v) is 10.2. The molecule has 1 unspecified atom stereocenters. The van der Waals surface area contributed by atoms with E-state index in [9.17, 15) is 9.90 Å². The van der Waals surface area contributed by atoms with E-state index in [-0.39, 0.29) is 12.7 Å². The predicted molar refractivity (Wildman–Crippen MR) is 115 cm³/mol. The average molecular weight is 397 g/mol. The van der Waals surface area contributed by atoms with Crippen LogP contribution < -0.4 is 0 Å². The summed E-state index contributed by atoms with van der Waals surface area (Å²) in [4.78, 5) is 16.8. The number of piperazine rings is 1. The molecule has 5 nitrogen and oxygen atoms in total. The number of aliphatic hydroxyl groups excluding tert-OH is 1. The molecule has 1 heterocycles. The molecule has 1 N–H and O–H groups in total. The van der Waals surface area contributed by atoms with E-state index in [1.807, 2.05) is 57.2 Å². The maximum atomic E-state index is 12.7. The van der Waals surface area contributed by atoms with Crippen molar-refractivity contribution < 1.29 is 14.6 Å². The van der Waals surface area contributed by atoms with Crippen LogP contribution in [0.2, 0.25) is 0 Å². The van der Waals surface area contributed by atoms with Gasteiger partial charge in [-0.15, -0.1) is 0 Å². The van der Waals surface area contributed by atoms with E-state index in [4.69, 9.17) is 4.74 Å². The highest BCUT2D eigenvalue weighted by Crippen LogP contribution is 2.29. The largest absolute Gasteiger partial charge is 0.444 e. The van der Waals surface area contributed by atoms with Crippen molar-refractivity contribution in [2.45, 2.75) is 44.9 Å². The minimum Gasteiger partial charge on any atom is -0.444 e. The first-order chi connectivity index (χ1) is 13.8. The summed E-state index contributed by atoms with van der Waals surface area (Å²) >= 11 is 0. The Labute approximate surface area is 173 Å². The smallest absolute Gasteiger partial charge is 0.410 e. The lowest BCUT2D eigenvalue weighted by Gasteiger charge is -2.50. The molecule has 1 aliphatic rings. The van der Waals surface area contributed by atoms with E-state index in [1.54, 1.807) is 4.90 Å². The van der Waals surface area contributed by atoms with Gasteiger partial charge < -0.3 is 14.7 Å². The number of rotatable bonds is 5. The molecule has 0 saturated carbocycles. The molecule has 1 fully saturated rings. The van der Waals surface area contributed by atoms with Crippen LogP contribution in [0.4, 0.5) is 4.79 Å². The lowest BCUT2D eigenvalue weighted by molar-refractivity contribution is -0.0512. The van der Waals surface area contributed by atoms with Crippen LogP contribution in [0.5, 0.6) is 0 Å². The Hall–Kier alpha value is -2.37. The molecule has 5 heteroatoms. The summed E-state index contributed by atoms with van der Waals surface area (Å²) in [5.41, 5.74) is 1.24. The molecule has 0 bridgehead atoms. The highest BCUT2D eigenvalue weighted by molar-refractivity contribution is 5.68. The van der Waals surface area contributed by atoms with E-state index in [0.717, 1.165) is 12.1 Å². The second kappa shape index (κ2) is 8.97. The molecular formula is C24H32N2O3. The van der Waals surface area contributed by atoms with E-state index in [2.05, 4.69) is 29.2 Å². The second-order valence-corrected chi connectivity index (χ2v) is 8.85. The second-order valence-electron chi connectivity index (χ2n) is 8.85. The van der Waals surface area contributed by atoms with Crippen LogP contribution in [-0.4, -0.2) is 58.4 Å². The standard InChI is InChI=1S/C24H32N2O3/c1-23(2,3)29-22(28)25-14-15-26(17-21-12-8-5-9-13-21)24(18-25,19-27)16-20-10-6-4-7-11-20/h4-13,27H,14-19H2,1-3H3. The number of aliphatic hydroxyl groups is 1. The van der Waals surface area contributed by atoms with Gasteiger partial charge in [-0.2, -0.15) is 0 Å². The zero-order chi connectivity index (χ0) is 20.9. The predicted octanol–water partition coefficient (Wildman–Crippen LogP) is 3.71. The Balaban J connectivity index is 1.86. The first kappa shape index (κ1) is 21.3. The summed E-state index contributed by atoms with van der Waals surface area (Å²) in [5.74, 6) is 0. The summed E-state index contributed by atoms with van der Waals surface area (Å²) < 4.78 is 5.61. The Morgan fingerprint density at radius 1 is 1.00 bits per heavy atom. The molecule has 0 aromatic heterocycles. The molecule has 29 heavy (non-hydrogen) atoms. The van der Waals surface area contributed by atoms with Crippen molar-refractivity contribution in [1.29, 1.82) is 0 Å². The van der Waals surface area contributed by atoms with Gasteiger partial charge in [0.2, 0.25) is 0 Å². The Morgan fingerprint density at radius 3 is 2.14 bits per heavy atom. The first-order valence-electron chi connectivity index (χ1n) is 10.2. The molecule has 0 radical (unpaired) electrons. The molecule has 3 rings (SSSR count). The van der Waals surface area contributed by atoms with Gasteiger partial charge in [0.1, 0.15) is 5.60 Å². The van der Waals surface area contributed by atoms with Crippen molar-refractivity contribution in [2.75, 3.05) is 26.2 Å². The average Bonchev–Trinajstić information content (AvgIpc) is 2.69. The highest BCUT2D eigenvalue weighted by Gasteiger charge is 2.43. The fraction of sp³-hybridized carbons (Fsp3) is 0.458. The quantitative estimate of drug-likeness (QED) is 0.837. The molecule has 1 aliphatic heterocycles. The number of benzene rings is 2. The topological polar surface area (TPSA) is 53.0 Å². The number of ether oxygens (including phenoxy) is 1. The van der Waals surface area contributed by atoms with Crippen LogP contribution >= 0.6 is 0 Å². The van der Waals surface area contributed by atoms with Crippen molar-refractivity contribution in [3.63, 3.8) is 0 Å². The van der Waals surface area contributed by atoms with Crippen LogP contribution in [0.1, 0.15) is 31.9 Å². The minimum atomic E-state index is -0.563. The maximum Gasteiger partial charge on any atom is 0.410 e. The van der Waals surface area contributed by atoms with Crippen LogP contribution in [0, 0.1) is 0 Å². The Kier molecular flexibility index (Phi) is 6.60. The zero-order valence-electron chi connectivity index (χ0n) is 17.7. The van der Waals surface area contributed by atoms with Crippen LogP contribution in [0.15, 0.2) is 60.7 Å². The molecule has 2 aromatic carbocycles. The third-order valence-corrected chi connectivity index (χ3v) is 5.33. The summed E-state index contributed by atoms with van der Waals surface area (Å²) in [6.45, 7) is 8.02. The van der Waals surface area contributed by atoms with Crippen LogP contribution in [0.25, 0.3) is 0 Å². The lowest BCUT2D eigenvalue weighted by Crippen LogP contribution is -2.66. The SMILES string of the molecule is CC(C)(C)OC(=O)N1CCN(Cc2ccccc2)C(CO)(Cc2ccccc2)C1. The zero-order valence-corrected chi connectivity index (χ0v) is 17.7. The lowest BCUT2D eigenvalue weighted by atomic mass is 9.86. The number of hydrogen-bond donors (Lipinski definition) is 1. The monoisotopic (exact) mass is 396 g/mol. The van der Waals surface area contributed by atoms with Gasteiger partial charge in [-0.25, -0.2) is 4.79 Å². The van der Waals surface area contributed by atoms with Gasteiger partial charge in [0.25, 0.3) is 0 Å². The van der Waals surface area contributed by atoms with Gasteiger partial charge in [0.05, 0.1) is 12.1 Å². The minimum absolute atomic E-state index is 0.0337. The molecule has 1 atom stereocenters. The Bertz CT molecular complexity index is 789. The van der Waals surface area contributed by atoms with Crippen molar-refractivity contribution in [3.8, 4) is 0 Å². The third kappa shape index (κ3) is 5.58. The molecule has 2 aromatic rings. The van der Waals surface area contributed by atoms with Crippen LogP contribution in [-0.2, 0) is 17.7 Å². The maximum absolute atomic E-state index is 12.7. The van der Waals surface area contributed by atoms with E-state index >= 15 is 0 Å². The van der Waals surface area contributed by atoms with E-state index in [0.29, 0.717) is 26.1 Å². The third-order valence-electron chi connectivity index (χ3n) is 5.33. The van der Waals surface area contributed by atoms with E-state index < -0.39 is 11.1 Å². The highest BCUT2D eigenvalue weighted by atomic mass is 16.6. The number of carbonyl (C=O) groups is 1. The molecule has 0 spiro atoms. The number of carbonyl (C=O) groups excluding carboxylic acids is 1. The van der Waals surface area contributed by atoms with Crippen molar-refractivity contribution >= 4 is 6.09 Å². The summed E-state index contributed by atoms with van der Waals surface area (Å²) in [6.07, 6.45) is 0.346. The normalized spacial score (nSPS) is 20.5. The van der Waals surface area contributed by atoms with Gasteiger partial charge in [-0.05, 0) is 38.3 Å². The molecule has 156 valence electrons. The molecule has 0 aliphatic carbocycles. The van der Waals surface area contributed by atoms with Gasteiger partial charge in [0.15, 0.2) is 0 Å². The fourth-order valence-electron chi connectivity index (χ4n) is 3.90. The van der Waals surface area contributed by atoms with Crippen LogP contribution in [0.3, 0.4) is 0 Å². The Morgan fingerprint density at radius 2 is 1.59 bits per heavy atom. The van der Waals surface area contributed by atoms with Gasteiger partial charge in [-0.3, -0.25) is 4.90 Å². The summed E-state index contributed by atoms with van der Waals surface area (Å²) in [6, 6.07) is 20.4. The molecule has 1 amide bonds. The fourth-order valence-corrected chi connectivity index (χ4v) is 3.90. The number of amides is 1. The number of hydrogen-bond acceptors (Lipinski definition) is 4. The molecule has 1 saturated heterocycles. The van der Waals surface area contributed by atoms with Crippen molar-refractivity contribution in [1.82, 2.24) is 9.80 Å². The van der Waals surface area contributed by atoms with Crippen molar-refractivity contribution in [2.24, 2.45) is 0 Å². The van der Waals surface area contributed by atoms with E-state index in [1.165, 1.54) is 5.56 Å². The summed E-state index contributed by atoms with van der Waals surface area (Å²) in [7, 11) is 0. The van der Waals surface area contributed by atoms with Crippen molar-refractivity contribution in [3.05, 3.63) is 71.8 Å². The van der Waals surface area contributed by atoms with Gasteiger partial charge >= 0.3 is 6.09 Å².